The maximum atomic E-state index is 10.9. The van der Waals surface area contributed by atoms with Crippen molar-refractivity contribution in [3.63, 3.8) is 0 Å². The lowest BCUT2D eigenvalue weighted by atomic mass is 9.61. The van der Waals surface area contributed by atoms with Gasteiger partial charge in [-0.05, 0) is 50.0 Å². The summed E-state index contributed by atoms with van der Waals surface area (Å²) in [7, 11) is 2.98. The van der Waals surface area contributed by atoms with E-state index in [0.717, 1.165) is 24.1 Å². The highest BCUT2D eigenvalue weighted by molar-refractivity contribution is 6.33. The van der Waals surface area contributed by atoms with Crippen molar-refractivity contribution < 1.29 is 19.5 Å². The van der Waals surface area contributed by atoms with Crippen LogP contribution in [0.25, 0.3) is 0 Å². The summed E-state index contributed by atoms with van der Waals surface area (Å²) >= 11 is 6.51. The number of hydrogen-bond acceptors (Lipinski definition) is 5. The van der Waals surface area contributed by atoms with Gasteiger partial charge in [0.15, 0.2) is 0 Å². The highest BCUT2D eigenvalue weighted by Gasteiger charge is 2.40. The minimum atomic E-state index is -0.105. The largest absolute Gasteiger partial charge is 0.507 e. The number of phenolic OH excluding ortho intramolecular Hbond substituents is 1. The number of benzene rings is 1. The molecule has 6 nitrogen and oxygen atoms in total. The van der Waals surface area contributed by atoms with Gasteiger partial charge in [-0.1, -0.05) is 61.3 Å². The third-order valence-corrected chi connectivity index (χ3v) is 7.57. The lowest BCUT2D eigenvalue weighted by Gasteiger charge is -2.43. The number of amides is 1. The Bertz CT molecular complexity index is 997. The van der Waals surface area contributed by atoms with Crippen LogP contribution >= 0.6 is 11.6 Å². The third-order valence-electron chi connectivity index (χ3n) is 7.12. The lowest BCUT2D eigenvalue weighted by molar-refractivity contribution is -0.106. The molecule has 1 amide bonds. The highest BCUT2D eigenvalue weighted by atomic mass is 35.5. The van der Waals surface area contributed by atoms with Gasteiger partial charge in [0.1, 0.15) is 18.6 Å². The second kappa shape index (κ2) is 11.5. The van der Waals surface area contributed by atoms with E-state index in [1.807, 2.05) is 13.0 Å². The topological polar surface area (TPSA) is 80.5 Å². The van der Waals surface area contributed by atoms with Gasteiger partial charge in [0.2, 0.25) is 6.41 Å². The van der Waals surface area contributed by atoms with Gasteiger partial charge < -0.3 is 14.7 Å². The standard InChI is InChI=1S/C26H35ClN2O4/c1-16(12-13-26(5)17(2)9-11-22(19(26)4)28-15-30)8-10-20-24(31)21(14-29-33-7)18(3)23(27)25(20)32-6/h8,12-15,17,19,31H,9-11H2,1-7H3/b13-12+,16-8+,28-22+,29-14+/t17-,19+,26+/m1/s1. The van der Waals surface area contributed by atoms with Crippen molar-refractivity contribution in [1.29, 1.82) is 0 Å². The molecule has 0 heterocycles. The molecule has 0 aliphatic heterocycles. The maximum Gasteiger partial charge on any atom is 0.232 e. The molecule has 1 aromatic carbocycles. The molecule has 7 heteroatoms. The minimum absolute atomic E-state index is 0.0683. The summed E-state index contributed by atoms with van der Waals surface area (Å²) in [5, 5.41) is 15.1. The molecule has 1 aliphatic rings. The summed E-state index contributed by atoms with van der Waals surface area (Å²) in [6.45, 7) is 10.4. The summed E-state index contributed by atoms with van der Waals surface area (Å²) in [5.74, 6) is 1.16. The first kappa shape index (κ1) is 26.7. The quantitative estimate of drug-likeness (QED) is 0.215. The van der Waals surface area contributed by atoms with Crippen molar-refractivity contribution >= 4 is 29.9 Å². The molecule has 0 saturated heterocycles. The Kier molecular flexibility index (Phi) is 9.29. The Balaban J connectivity index is 2.37. The third kappa shape index (κ3) is 5.67. The minimum Gasteiger partial charge on any atom is -0.507 e. The van der Waals surface area contributed by atoms with Crippen LogP contribution in [0.1, 0.15) is 57.2 Å². The SMILES string of the molecule is CO/N=C/c1c(C)c(Cl)c(OC)c(C/C=C(C)/C=C/[C@@]2(C)[C@H](C)CC/C(=N\C=O)[C@@H]2C)c1O. The van der Waals surface area contributed by atoms with E-state index in [9.17, 15) is 9.90 Å². The van der Waals surface area contributed by atoms with Gasteiger partial charge in [-0.3, -0.25) is 4.79 Å². The molecular formula is C26H35ClN2O4. The van der Waals surface area contributed by atoms with Crippen LogP contribution in [0, 0.1) is 24.2 Å². The van der Waals surface area contributed by atoms with E-state index in [-0.39, 0.29) is 17.1 Å². The van der Waals surface area contributed by atoms with Crippen LogP contribution in [0.3, 0.4) is 0 Å². The van der Waals surface area contributed by atoms with Gasteiger partial charge in [-0.2, -0.15) is 0 Å². The summed E-state index contributed by atoms with van der Waals surface area (Å²) < 4.78 is 5.51. The van der Waals surface area contributed by atoms with Gasteiger partial charge in [-0.15, -0.1) is 0 Å². The molecule has 1 saturated carbocycles. The van der Waals surface area contributed by atoms with Gasteiger partial charge in [0.25, 0.3) is 0 Å². The zero-order valence-electron chi connectivity index (χ0n) is 20.6. The molecular weight excluding hydrogens is 440 g/mol. The number of oxime groups is 1. The first-order valence-electron chi connectivity index (χ1n) is 11.1. The number of aliphatic imine (C=N–C) groups is 1. The fraction of sp³-hybridized carbons (Fsp3) is 0.500. The monoisotopic (exact) mass is 474 g/mol. The molecule has 1 aliphatic carbocycles. The zero-order chi connectivity index (χ0) is 24.8. The van der Waals surface area contributed by atoms with Crippen molar-refractivity contribution in [2.24, 2.45) is 27.4 Å². The fourth-order valence-electron chi connectivity index (χ4n) is 4.41. The highest BCUT2D eigenvalue weighted by Crippen LogP contribution is 2.45. The van der Waals surface area contributed by atoms with Gasteiger partial charge in [0, 0.05) is 22.8 Å². The predicted octanol–water partition coefficient (Wildman–Crippen LogP) is 6.06. The molecule has 2 rings (SSSR count). The van der Waals surface area contributed by atoms with Crippen LogP contribution in [-0.4, -0.2) is 37.7 Å². The molecule has 33 heavy (non-hydrogen) atoms. The number of hydrogen-bond donors (Lipinski definition) is 1. The van der Waals surface area contributed by atoms with E-state index >= 15 is 0 Å². The number of aromatic hydroxyl groups is 1. The first-order chi connectivity index (χ1) is 15.6. The number of rotatable bonds is 8. The molecule has 3 atom stereocenters. The second-order valence-electron chi connectivity index (χ2n) is 8.87. The van der Waals surface area contributed by atoms with Crippen molar-refractivity contribution in [2.75, 3.05) is 14.2 Å². The van der Waals surface area contributed by atoms with Crippen LogP contribution in [0.4, 0.5) is 0 Å². The molecule has 0 spiro atoms. The summed E-state index contributed by atoms with van der Waals surface area (Å²) in [5.41, 5.74) is 3.65. The van der Waals surface area contributed by atoms with Crippen LogP contribution in [0.5, 0.6) is 11.5 Å². The first-order valence-corrected chi connectivity index (χ1v) is 11.5. The number of carbonyl (C=O) groups excluding carboxylic acids is 1. The Morgan fingerprint density at radius 3 is 2.64 bits per heavy atom. The van der Waals surface area contributed by atoms with Crippen molar-refractivity contribution in [3.05, 3.63) is 45.5 Å². The average Bonchev–Trinajstić information content (AvgIpc) is 2.79. The van der Waals surface area contributed by atoms with Crippen LogP contribution < -0.4 is 4.74 Å². The van der Waals surface area contributed by atoms with Crippen LogP contribution in [0.2, 0.25) is 5.02 Å². The number of phenols is 1. The Hall–Kier alpha value is -2.60. The maximum absolute atomic E-state index is 10.9. The molecule has 0 unspecified atom stereocenters. The number of nitrogens with zero attached hydrogens (tertiary/aromatic N) is 2. The van der Waals surface area contributed by atoms with Gasteiger partial charge in [-0.25, -0.2) is 4.99 Å². The molecule has 1 fully saturated rings. The van der Waals surface area contributed by atoms with E-state index in [4.69, 9.17) is 21.2 Å². The van der Waals surface area contributed by atoms with E-state index < -0.39 is 0 Å². The van der Waals surface area contributed by atoms with Gasteiger partial charge in [0.05, 0.1) is 18.3 Å². The number of ether oxygens (including phenoxy) is 1. The molecule has 0 bridgehead atoms. The zero-order valence-corrected chi connectivity index (χ0v) is 21.4. The molecule has 1 N–H and O–H groups in total. The van der Waals surface area contributed by atoms with Crippen molar-refractivity contribution in [3.8, 4) is 11.5 Å². The Labute approximate surface area is 202 Å². The molecule has 0 aromatic heterocycles. The summed E-state index contributed by atoms with van der Waals surface area (Å²) in [4.78, 5) is 19.8. The Morgan fingerprint density at radius 2 is 2.03 bits per heavy atom. The molecule has 1 aromatic rings. The number of allylic oxidation sites excluding steroid dienone is 4. The van der Waals surface area contributed by atoms with E-state index in [1.54, 1.807) is 6.92 Å². The fourth-order valence-corrected chi connectivity index (χ4v) is 4.70. The normalized spacial score (nSPS) is 25.2. The number of methoxy groups -OCH3 is 1. The smallest absolute Gasteiger partial charge is 0.232 e. The van der Waals surface area contributed by atoms with Crippen molar-refractivity contribution in [1.82, 2.24) is 0 Å². The summed E-state index contributed by atoms with van der Waals surface area (Å²) in [6.07, 6.45) is 10.7. The second-order valence-corrected chi connectivity index (χ2v) is 9.25. The van der Waals surface area contributed by atoms with E-state index in [1.165, 1.54) is 20.4 Å². The molecule has 180 valence electrons. The molecule has 0 radical (unpaired) electrons. The predicted molar refractivity (Wildman–Crippen MR) is 135 cm³/mol. The van der Waals surface area contributed by atoms with Crippen LogP contribution in [-0.2, 0) is 16.1 Å². The average molecular weight is 475 g/mol. The number of halogens is 1. The van der Waals surface area contributed by atoms with Crippen molar-refractivity contribution in [2.45, 2.75) is 53.9 Å². The van der Waals surface area contributed by atoms with Gasteiger partial charge >= 0.3 is 0 Å². The lowest BCUT2D eigenvalue weighted by Crippen LogP contribution is -2.40. The van der Waals surface area contributed by atoms with E-state index in [0.29, 0.717) is 46.2 Å². The summed E-state index contributed by atoms with van der Waals surface area (Å²) in [6, 6.07) is 0. The Morgan fingerprint density at radius 1 is 1.33 bits per heavy atom. The van der Waals surface area contributed by atoms with Crippen LogP contribution in [0.15, 0.2) is 33.9 Å². The number of carbonyl (C=O) groups is 1. The van der Waals surface area contributed by atoms with E-state index in [2.05, 4.69) is 43.1 Å².